The summed E-state index contributed by atoms with van der Waals surface area (Å²) in [5, 5.41) is 15.5. The number of rotatable bonds is 7. The quantitative estimate of drug-likeness (QED) is 0.810. The molecule has 1 aromatic heterocycles. The van der Waals surface area contributed by atoms with E-state index in [-0.39, 0.29) is 6.04 Å². The molecule has 1 heterocycles. The topological polar surface area (TPSA) is 55.6 Å². The Morgan fingerprint density at radius 2 is 1.72 bits per heavy atom. The maximum atomic E-state index is 4.15. The van der Waals surface area contributed by atoms with Gasteiger partial charge in [0, 0.05) is 6.54 Å². The summed E-state index contributed by atoms with van der Waals surface area (Å²) in [6, 6.07) is 0.199. The molecule has 0 spiro atoms. The summed E-state index contributed by atoms with van der Waals surface area (Å²) < 4.78 is 1.96. The summed E-state index contributed by atoms with van der Waals surface area (Å²) >= 11 is 0. The monoisotopic (exact) mass is 253 g/mol. The van der Waals surface area contributed by atoms with Crippen molar-refractivity contribution in [2.75, 3.05) is 6.54 Å². The third-order valence-corrected chi connectivity index (χ3v) is 3.55. The van der Waals surface area contributed by atoms with Crippen LogP contribution in [0.1, 0.15) is 53.4 Å². The first-order valence-electron chi connectivity index (χ1n) is 6.96. The minimum atomic E-state index is 0.199. The summed E-state index contributed by atoms with van der Waals surface area (Å²) in [7, 11) is 0. The molecule has 0 saturated carbocycles. The van der Waals surface area contributed by atoms with E-state index in [1.807, 2.05) is 4.68 Å². The Hall–Kier alpha value is -0.970. The molecule has 0 aliphatic heterocycles. The number of tetrazole rings is 1. The van der Waals surface area contributed by atoms with Gasteiger partial charge in [0.15, 0.2) is 5.82 Å². The molecule has 1 atom stereocenters. The Morgan fingerprint density at radius 1 is 1.11 bits per heavy atom. The van der Waals surface area contributed by atoms with Crippen molar-refractivity contribution in [3.8, 4) is 0 Å². The number of hydrogen-bond acceptors (Lipinski definition) is 4. The Labute approximate surface area is 110 Å². The minimum Gasteiger partial charge on any atom is -0.308 e. The van der Waals surface area contributed by atoms with E-state index in [2.05, 4.69) is 62.4 Å². The zero-order chi connectivity index (χ0) is 13.7. The van der Waals surface area contributed by atoms with Gasteiger partial charge in [-0.15, -0.1) is 5.10 Å². The lowest BCUT2D eigenvalue weighted by Crippen LogP contribution is -2.27. The number of nitrogens with one attached hydrogen (secondary N) is 1. The lowest BCUT2D eigenvalue weighted by atomic mass is 9.85. The molecule has 0 fully saturated rings. The fourth-order valence-electron chi connectivity index (χ4n) is 2.44. The van der Waals surface area contributed by atoms with Crippen LogP contribution in [0.25, 0.3) is 0 Å². The van der Waals surface area contributed by atoms with E-state index < -0.39 is 0 Å². The van der Waals surface area contributed by atoms with Crippen LogP contribution in [0.3, 0.4) is 0 Å². The average Bonchev–Trinajstić information content (AvgIpc) is 2.73. The predicted octanol–water partition coefficient (Wildman–Crippen LogP) is 2.27. The van der Waals surface area contributed by atoms with E-state index in [0.717, 1.165) is 18.9 Å². The zero-order valence-electron chi connectivity index (χ0n) is 12.5. The van der Waals surface area contributed by atoms with Gasteiger partial charge >= 0.3 is 0 Å². The van der Waals surface area contributed by atoms with Crippen LogP contribution < -0.4 is 5.32 Å². The smallest absolute Gasteiger partial charge is 0.167 e. The standard InChI is InChI=1S/C13H27N5/c1-7-14-11(6)13-15-16-17-18(13)8-12(9(2)3)10(4)5/h9-12,14H,7-8H2,1-6H3. The average molecular weight is 253 g/mol. The van der Waals surface area contributed by atoms with Crippen molar-refractivity contribution in [1.82, 2.24) is 25.5 Å². The van der Waals surface area contributed by atoms with Gasteiger partial charge in [0.1, 0.15) is 0 Å². The van der Waals surface area contributed by atoms with Crippen LogP contribution in [-0.4, -0.2) is 26.8 Å². The van der Waals surface area contributed by atoms with E-state index in [4.69, 9.17) is 0 Å². The fourth-order valence-corrected chi connectivity index (χ4v) is 2.44. The highest BCUT2D eigenvalue weighted by Crippen LogP contribution is 2.23. The first-order chi connectivity index (χ1) is 8.47. The molecule has 0 aliphatic rings. The largest absolute Gasteiger partial charge is 0.308 e. The van der Waals surface area contributed by atoms with Crippen LogP contribution in [0, 0.1) is 17.8 Å². The Kier molecular flexibility index (Phi) is 5.72. The van der Waals surface area contributed by atoms with E-state index in [1.165, 1.54) is 0 Å². The van der Waals surface area contributed by atoms with Gasteiger partial charge in [0.05, 0.1) is 6.04 Å². The minimum absolute atomic E-state index is 0.199. The van der Waals surface area contributed by atoms with Crippen LogP contribution in [0.15, 0.2) is 0 Å². The predicted molar refractivity (Wildman–Crippen MR) is 73.1 cm³/mol. The molecule has 0 aliphatic carbocycles. The molecule has 1 rings (SSSR count). The van der Waals surface area contributed by atoms with Crippen LogP contribution in [0.4, 0.5) is 0 Å². The first-order valence-corrected chi connectivity index (χ1v) is 6.96. The fraction of sp³-hybridized carbons (Fsp3) is 0.923. The molecule has 0 amide bonds. The second kappa shape index (κ2) is 6.83. The molecule has 5 nitrogen and oxygen atoms in total. The normalized spacial score (nSPS) is 13.8. The van der Waals surface area contributed by atoms with Crippen LogP contribution in [0.5, 0.6) is 0 Å². The molecule has 5 heteroatoms. The second-order valence-corrected chi connectivity index (χ2v) is 5.65. The Bertz CT molecular complexity index is 337. The molecule has 1 N–H and O–H groups in total. The van der Waals surface area contributed by atoms with E-state index in [1.54, 1.807) is 0 Å². The van der Waals surface area contributed by atoms with Crippen molar-refractivity contribution in [2.24, 2.45) is 17.8 Å². The van der Waals surface area contributed by atoms with Gasteiger partial charge in [-0.25, -0.2) is 4.68 Å². The number of hydrogen-bond donors (Lipinski definition) is 1. The first kappa shape index (κ1) is 15.1. The second-order valence-electron chi connectivity index (χ2n) is 5.65. The molecule has 0 saturated heterocycles. The van der Waals surface area contributed by atoms with Gasteiger partial charge in [-0.2, -0.15) is 0 Å². The van der Waals surface area contributed by atoms with Crippen molar-refractivity contribution in [1.29, 1.82) is 0 Å². The van der Waals surface area contributed by atoms with Gasteiger partial charge in [-0.1, -0.05) is 34.6 Å². The Morgan fingerprint density at radius 3 is 2.22 bits per heavy atom. The Balaban J connectivity index is 2.81. The van der Waals surface area contributed by atoms with Gasteiger partial charge in [-0.3, -0.25) is 0 Å². The number of aromatic nitrogens is 4. The molecule has 104 valence electrons. The van der Waals surface area contributed by atoms with Crippen LogP contribution >= 0.6 is 0 Å². The maximum Gasteiger partial charge on any atom is 0.167 e. The van der Waals surface area contributed by atoms with Gasteiger partial charge in [-0.05, 0) is 41.6 Å². The summed E-state index contributed by atoms with van der Waals surface area (Å²) in [6.45, 7) is 15.1. The van der Waals surface area contributed by atoms with Crippen LogP contribution in [0.2, 0.25) is 0 Å². The highest BCUT2D eigenvalue weighted by molar-refractivity contribution is 4.90. The van der Waals surface area contributed by atoms with E-state index in [0.29, 0.717) is 17.8 Å². The zero-order valence-corrected chi connectivity index (χ0v) is 12.5. The molecular formula is C13H27N5. The van der Waals surface area contributed by atoms with Gasteiger partial charge < -0.3 is 5.32 Å². The summed E-state index contributed by atoms with van der Waals surface area (Å²) in [4.78, 5) is 0. The third-order valence-electron chi connectivity index (χ3n) is 3.55. The van der Waals surface area contributed by atoms with Gasteiger partial charge in [0.25, 0.3) is 0 Å². The maximum absolute atomic E-state index is 4.15. The molecule has 1 aromatic rings. The van der Waals surface area contributed by atoms with Crippen molar-refractivity contribution in [2.45, 2.75) is 54.1 Å². The number of nitrogens with zero attached hydrogens (tertiary/aromatic N) is 4. The summed E-state index contributed by atoms with van der Waals surface area (Å²) in [5.74, 6) is 2.80. The van der Waals surface area contributed by atoms with E-state index in [9.17, 15) is 0 Å². The lowest BCUT2D eigenvalue weighted by molar-refractivity contribution is 0.236. The SMILES string of the molecule is CCNC(C)c1nnnn1CC(C(C)C)C(C)C. The third kappa shape index (κ3) is 3.77. The van der Waals surface area contributed by atoms with Crippen molar-refractivity contribution in [3.63, 3.8) is 0 Å². The molecule has 18 heavy (non-hydrogen) atoms. The van der Waals surface area contributed by atoms with Crippen LogP contribution in [-0.2, 0) is 6.54 Å². The highest BCUT2D eigenvalue weighted by atomic mass is 15.5. The van der Waals surface area contributed by atoms with Crippen molar-refractivity contribution < 1.29 is 0 Å². The molecule has 0 bridgehead atoms. The van der Waals surface area contributed by atoms with Crippen molar-refractivity contribution in [3.05, 3.63) is 5.82 Å². The van der Waals surface area contributed by atoms with Gasteiger partial charge in [0.2, 0.25) is 0 Å². The van der Waals surface area contributed by atoms with Crippen molar-refractivity contribution >= 4 is 0 Å². The van der Waals surface area contributed by atoms with E-state index >= 15 is 0 Å². The molecule has 0 radical (unpaired) electrons. The summed E-state index contributed by atoms with van der Waals surface area (Å²) in [5.41, 5.74) is 0. The highest BCUT2D eigenvalue weighted by Gasteiger charge is 2.22. The molecule has 1 unspecified atom stereocenters. The summed E-state index contributed by atoms with van der Waals surface area (Å²) in [6.07, 6.45) is 0. The lowest BCUT2D eigenvalue weighted by Gasteiger charge is -2.25. The molecule has 0 aromatic carbocycles. The molecular weight excluding hydrogens is 226 g/mol.